The summed E-state index contributed by atoms with van der Waals surface area (Å²) in [5.74, 6) is -0.709. The van der Waals surface area contributed by atoms with E-state index < -0.39 is 6.04 Å². The standard InChI is InChI=1S/C18H27FN2O2/c1-5-9-17(22)21(12-15-10-7-8-11-16(15)19)14(4)18(23)20-13(3)6-2/h7-8,10-11,13-14H,5-6,9,12H2,1-4H3,(H,20,23)/t13-,14-/m1/s1. The molecule has 4 nitrogen and oxygen atoms in total. The maximum atomic E-state index is 13.9. The maximum absolute atomic E-state index is 13.9. The van der Waals surface area contributed by atoms with Crippen LogP contribution in [0.5, 0.6) is 0 Å². The third kappa shape index (κ3) is 5.66. The average Bonchev–Trinajstić information content (AvgIpc) is 2.53. The van der Waals surface area contributed by atoms with Gasteiger partial charge in [-0.05, 0) is 32.8 Å². The van der Waals surface area contributed by atoms with Gasteiger partial charge in [-0.3, -0.25) is 9.59 Å². The molecular weight excluding hydrogens is 295 g/mol. The number of hydrogen-bond acceptors (Lipinski definition) is 2. The molecule has 2 amide bonds. The van der Waals surface area contributed by atoms with E-state index >= 15 is 0 Å². The molecule has 0 spiro atoms. The van der Waals surface area contributed by atoms with Crippen molar-refractivity contribution in [2.45, 2.75) is 65.6 Å². The van der Waals surface area contributed by atoms with Gasteiger partial charge in [0.2, 0.25) is 11.8 Å². The molecule has 0 radical (unpaired) electrons. The fourth-order valence-corrected chi connectivity index (χ4v) is 2.22. The molecule has 0 aliphatic heterocycles. The van der Waals surface area contributed by atoms with Gasteiger partial charge in [-0.25, -0.2) is 4.39 Å². The van der Waals surface area contributed by atoms with Gasteiger partial charge in [0.05, 0.1) is 0 Å². The van der Waals surface area contributed by atoms with Crippen LogP contribution < -0.4 is 5.32 Å². The van der Waals surface area contributed by atoms with Gasteiger partial charge in [-0.15, -0.1) is 0 Å². The third-order valence-electron chi connectivity index (χ3n) is 3.93. The summed E-state index contributed by atoms with van der Waals surface area (Å²) in [6, 6.07) is 5.74. The molecule has 0 heterocycles. The predicted octanol–water partition coefficient (Wildman–Crippen LogP) is 3.26. The predicted molar refractivity (Wildman–Crippen MR) is 89.2 cm³/mol. The highest BCUT2D eigenvalue weighted by Gasteiger charge is 2.26. The molecule has 0 fully saturated rings. The fourth-order valence-electron chi connectivity index (χ4n) is 2.22. The minimum Gasteiger partial charge on any atom is -0.352 e. The second-order valence-corrected chi connectivity index (χ2v) is 5.86. The van der Waals surface area contributed by atoms with Crippen molar-refractivity contribution in [1.29, 1.82) is 0 Å². The zero-order chi connectivity index (χ0) is 17.4. The van der Waals surface area contributed by atoms with Gasteiger partial charge in [-0.2, -0.15) is 0 Å². The molecule has 0 saturated heterocycles. The topological polar surface area (TPSA) is 49.4 Å². The van der Waals surface area contributed by atoms with Crippen LogP contribution in [0, 0.1) is 5.82 Å². The van der Waals surface area contributed by atoms with Gasteiger partial charge in [0, 0.05) is 24.6 Å². The summed E-state index contributed by atoms with van der Waals surface area (Å²) < 4.78 is 13.9. The van der Waals surface area contributed by atoms with Crippen molar-refractivity contribution < 1.29 is 14.0 Å². The van der Waals surface area contributed by atoms with E-state index in [1.54, 1.807) is 25.1 Å². The van der Waals surface area contributed by atoms with Crippen LogP contribution in [0.2, 0.25) is 0 Å². The van der Waals surface area contributed by atoms with Crippen LogP contribution in [-0.2, 0) is 16.1 Å². The first-order valence-electron chi connectivity index (χ1n) is 8.23. The monoisotopic (exact) mass is 322 g/mol. The third-order valence-corrected chi connectivity index (χ3v) is 3.93. The Bertz CT molecular complexity index is 534. The molecule has 1 rings (SSSR count). The summed E-state index contributed by atoms with van der Waals surface area (Å²) in [7, 11) is 0. The first-order chi connectivity index (χ1) is 10.9. The molecule has 0 unspecified atom stereocenters. The van der Waals surface area contributed by atoms with Crippen LogP contribution in [0.1, 0.15) is 52.5 Å². The van der Waals surface area contributed by atoms with E-state index in [1.165, 1.54) is 11.0 Å². The zero-order valence-electron chi connectivity index (χ0n) is 14.4. The summed E-state index contributed by atoms with van der Waals surface area (Å²) in [6.07, 6.45) is 1.84. The molecule has 0 bridgehead atoms. The van der Waals surface area contributed by atoms with E-state index in [2.05, 4.69) is 5.32 Å². The summed E-state index contributed by atoms with van der Waals surface area (Å²) >= 11 is 0. The summed E-state index contributed by atoms with van der Waals surface area (Å²) in [4.78, 5) is 26.2. The van der Waals surface area contributed by atoms with E-state index in [1.807, 2.05) is 20.8 Å². The van der Waals surface area contributed by atoms with Crippen LogP contribution >= 0.6 is 0 Å². The minimum absolute atomic E-state index is 0.0431. The molecule has 0 saturated carbocycles. The number of halogens is 1. The summed E-state index contributed by atoms with van der Waals surface area (Å²) in [5.41, 5.74) is 0.417. The van der Waals surface area contributed by atoms with Gasteiger partial charge >= 0.3 is 0 Å². The van der Waals surface area contributed by atoms with Crippen molar-refractivity contribution in [2.24, 2.45) is 0 Å². The summed E-state index contributed by atoms with van der Waals surface area (Å²) in [6.45, 7) is 7.59. The van der Waals surface area contributed by atoms with Crippen LogP contribution in [0.4, 0.5) is 4.39 Å². The van der Waals surface area contributed by atoms with E-state index in [4.69, 9.17) is 0 Å². The van der Waals surface area contributed by atoms with Gasteiger partial charge in [-0.1, -0.05) is 32.0 Å². The van der Waals surface area contributed by atoms with E-state index in [-0.39, 0.29) is 30.2 Å². The highest BCUT2D eigenvalue weighted by Crippen LogP contribution is 2.14. The molecule has 5 heteroatoms. The molecule has 0 aromatic heterocycles. The normalized spacial score (nSPS) is 13.3. The quantitative estimate of drug-likeness (QED) is 0.798. The average molecular weight is 322 g/mol. The van der Waals surface area contributed by atoms with Crippen molar-refractivity contribution in [3.8, 4) is 0 Å². The number of carbonyl (C=O) groups excluding carboxylic acids is 2. The Kier molecular flexibility index (Phi) is 7.72. The molecule has 128 valence electrons. The van der Waals surface area contributed by atoms with Gasteiger partial charge in [0.25, 0.3) is 0 Å². The number of nitrogens with zero attached hydrogens (tertiary/aromatic N) is 1. The first-order valence-corrected chi connectivity index (χ1v) is 8.23. The zero-order valence-corrected chi connectivity index (χ0v) is 14.4. The van der Waals surface area contributed by atoms with Crippen molar-refractivity contribution in [2.75, 3.05) is 0 Å². The molecular formula is C18H27FN2O2. The molecule has 2 atom stereocenters. The van der Waals surface area contributed by atoms with Crippen LogP contribution in [-0.4, -0.2) is 28.8 Å². The summed E-state index contributed by atoms with van der Waals surface area (Å²) in [5, 5.41) is 2.88. The van der Waals surface area contributed by atoms with Crippen molar-refractivity contribution in [1.82, 2.24) is 10.2 Å². The highest BCUT2D eigenvalue weighted by molar-refractivity contribution is 5.87. The largest absolute Gasteiger partial charge is 0.352 e. The number of nitrogens with one attached hydrogen (secondary N) is 1. The highest BCUT2D eigenvalue weighted by atomic mass is 19.1. The molecule has 0 aliphatic carbocycles. The van der Waals surface area contributed by atoms with Crippen LogP contribution in [0.25, 0.3) is 0 Å². The van der Waals surface area contributed by atoms with Gasteiger partial charge < -0.3 is 10.2 Å². The number of hydrogen-bond donors (Lipinski definition) is 1. The van der Waals surface area contributed by atoms with Gasteiger partial charge in [0.15, 0.2) is 0 Å². The van der Waals surface area contributed by atoms with E-state index in [0.717, 1.165) is 6.42 Å². The molecule has 0 aliphatic rings. The maximum Gasteiger partial charge on any atom is 0.242 e. The minimum atomic E-state index is -0.636. The lowest BCUT2D eigenvalue weighted by Gasteiger charge is -2.29. The van der Waals surface area contributed by atoms with Crippen LogP contribution in [0.3, 0.4) is 0 Å². The molecule has 1 N–H and O–H groups in total. The Morgan fingerprint density at radius 3 is 2.43 bits per heavy atom. The van der Waals surface area contributed by atoms with E-state index in [0.29, 0.717) is 18.4 Å². The Balaban J connectivity index is 2.94. The smallest absolute Gasteiger partial charge is 0.242 e. The van der Waals surface area contributed by atoms with Crippen LogP contribution in [0.15, 0.2) is 24.3 Å². The van der Waals surface area contributed by atoms with E-state index in [9.17, 15) is 14.0 Å². The van der Waals surface area contributed by atoms with Crippen molar-refractivity contribution >= 4 is 11.8 Å². The Morgan fingerprint density at radius 2 is 1.87 bits per heavy atom. The number of amides is 2. The molecule has 23 heavy (non-hydrogen) atoms. The Hall–Kier alpha value is -1.91. The molecule has 1 aromatic carbocycles. The lowest BCUT2D eigenvalue weighted by molar-refractivity contribution is -0.140. The number of benzene rings is 1. The van der Waals surface area contributed by atoms with Gasteiger partial charge in [0.1, 0.15) is 11.9 Å². The lowest BCUT2D eigenvalue weighted by Crippen LogP contribution is -2.49. The number of rotatable bonds is 8. The fraction of sp³-hybridized carbons (Fsp3) is 0.556. The molecule has 1 aromatic rings. The first kappa shape index (κ1) is 19.1. The Labute approximate surface area is 138 Å². The lowest BCUT2D eigenvalue weighted by atomic mass is 10.1. The van der Waals surface area contributed by atoms with Crippen molar-refractivity contribution in [3.05, 3.63) is 35.6 Å². The second kappa shape index (κ2) is 9.28. The van der Waals surface area contributed by atoms with Crippen molar-refractivity contribution in [3.63, 3.8) is 0 Å². The SMILES string of the molecule is CCCC(=O)N(Cc1ccccc1F)[C@H](C)C(=O)N[C@H](C)CC. The Morgan fingerprint density at radius 1 is 1.22 bits per heavy atom. The number of carbonyl (C=O) groups is 2. The second-order valence-electron chi connectivity index (χ2n) is 5.86.